The highest BCUT2D eigenvalue weighted by atomic mass is 32.2. The Morgan fingerprint density at radius 3 is 2.82 bits per heavy atom. The fraction of sp³-hybridized carbons (Fsp3) is 0.650. The largest absolute Gasteiger partial charge is 0.459 e. The van der Waals surface area contributed by atoms with Crippen molar-refractivity contribution in [2.75, 3.05) is 18.9 Å². The number of ether oxygens (including phenoxy) is 1. The van der Waals surface area contributed by atoms with Crippen LogP contribution in [0.15, 0.2) is 30.3 Å². The zero-order valence-electron chi connectivity index (χ0n) is 18.8. The molecule has 1 aliphatic heterocycles. The molecule has 1 aromatic carbocycles. The maximum absolute atomic E-state index is 13.0. The molecule has 6 nitrogen and oxygen atoms in total. The molecule has 8 heteroatoms. The molecule has 0 amide bonds. The van der Waals surface area contributed by atoms with Gasteiger partial charge in [-0.1, -0.05) is 30.3 Å². The Labute approximate surface area is 175 Å². The monoisotopic (exact) mass is 412 g/mol. The summed E-state index contributed by atoms with van der Waals surface area (Å²) in [5.41, 5.74) is 0.564. The second kappa shape index (κ2) is 10.6. The number of rotatable bonds is 10. The molecule has 1 aromatic rings. The molecule has 0 bridgehead atoms. The van der Waals surface area contributed by atoms with Crippen LogP contribution in [0.5, 0.6) is 0 Å². The van der Waals surface area contributed by atoms with Crippen molar-refractivity contribution < 1.29 is 23.9 Å². The quantitative estimate of drug-likeness (QED) is 0.259. The van der Waals surface area contributed by atoms with Crippen molar-refractivity contribution in [1.82, 2.24) is 4.90 Å². The van der Waals surface area contributed by atoms with E-state index in [9.17, 15) is 15.0 Å². The van der Waals surface area contributed by atoms with Gasteiger partial charge in [-0.3, -0.25) is 9.69 Å². The normalized spacial score (nSPS) is 25.1. The van der Waals surface area contributed by atoms with Gasteiger partial charge in [-0.25, -0.2) is 0 Å². The molecule has 1 heterocycles. The maximum Gasteiger partial charge on any atom is 0.323 e. The average Bonchev–Trinajstić information content (AvgIpc) is 3.02. The predicted molar refractivity (Wildman–Crippen MR) is 114 cm³/mol. The summed E-state index contributed by atoms with van der Waals surface area (Å²) < 4.78 is 25.7. The highest BCUT2D eigenvalue weighted by Crippen LogP contribution is 2.35. The average molecular weight is 412 g/mol. The number of benzene rings is 1. The summed E-state index contributed by atoms with van der Waals surface area (Å²) in [4.78, 5) is 14.9. The van der Waals surface area contributed by atoms with Crippen molar-refractivity contribution >= 4 is 25.8 Å². The summed E-state index contributed by atoms with van der Waals surface area (Å²) in [6.07, 6.45) is -0.616. The van der Waals surface area contributed by atoms with Crippen LogP contribution in [0.1, 0.15) is 32.8 Å². The van der Waals surface area contributed by atoms with Crippen LogP contribution in [-0.4, -0.2) is 74.2 Å². The van der Waals surface area contributed by atoms with Crippen LogP contribution in [0.2, 0.25) is 0 Å². The molecule has 0 saturated carbocycles. The molecule has 0 spiro atoms. The van der Waals surface area contributed by atoms with E-state index in [1.54, 1.807) is 0 Å². The Morgan fingerprint density at radius 2 is 2.21 bits per heavy atom. The molecule has 28 heavy (non-hydrogen) atoms. The van der Waals surface area contributed by atoms with Crippen molar-refractivity contribution in [3.63, 3.8) is 0 Å². The van der Waals surface area contributed by atoms with E-state index in [0.717, 1.165) is 17.6 Å². The van der Waals surface area contributed by atoms with E-state index in [1.807, 2.05) is 56.0 Å². The lowest BCUT2D eigenvalue weighted by molar-refractivity contribution is -0.161. The number of hydrogen-bond acceptors (Lipinski definition) is 7. The Balaban J connectivity index is 2.24. The van der Waals surface area contributed by atoms with Crippen LogP contribution >= 0.6 is 12.0 Å². The van der Waals surface area contributed by atoms with Gasteiger partial charge in [0.25, 0.3) is 0 Å². The third-order valence-electron chi connectivity index (χ3n) is 4.69. The van der Waals surface area contributed by atoms with Gasteiger partial charge in [0.1, 0.15) is 19.4 Å². The second-order valence-electron chi connectivity index (χ2n) is 8.01. The van der Waals surface area contributed by atoms with E-state index in [4.69, 9.17) is 11.6 Å². The van der Waals surface area contributed by atoms with E-state index < -0.39 is 38.2 Å². The Bertz CT molecular complexity index is 664. The first kappa shape index (κ1) is 20.2. The van der Waals surface area contributed by atoms with Gasteiger partial charge in [0.05, 0.1) is 19.3 Å². The molecule has 1 fully saturated rings. The number of carbonyl (C=O) groups excluding carboxylic acids is 1. The summed E-state index contributed by atoms with van der Waals surface area (Å²) in [6.45, 7) is 5.69. The molecular weight excluding hydrogens is 377 g/mol. The molecule has 156 valence electrons. The number of nitrogens with zero attached hydrogens (tertiary/aromatic N) is 1. The lowest BCUT2D eigenvalue weighted by Crippen LogP contribution is -2.49. The first-order valence-electron chi connectivity index (χ1n) is 10.7. The lowest BCUT2D eigenvalue weighted by atomic mass is 9.96. The number of aliphatic hydroxyl groups excluding tert-OH is 2. The van der Waals surface area contributed by atoms with Crippen LogP contribution < -0.4 is 0 Å². The highest BCUT2D eigenvalue weighted by Gasteiger charge is 2.48. The minimum Gasteiger partial charge on any atom is -0.459 e. The third kappa shape index (κ3) is 6.49. The van der Waals surface area contributed by atoms with Crippen molar-refractivity contribution in [3.8, 4) is 0 Å². The molecule has 4 atom stereocenters. The van der Waals surface area contributed by atoms with Crippen LogP contribution in [0.25, 0.3) is 0 Å². The zero-order valence-corrected chi connectivity index (χ0v) is 17.6. The van der Waals surface area contributed by atoms with E-state index >= 15 is 0 Å². The van der Waals surface area contributed by atoms with E-state index in [2.05, 4.69) is 0 Å². The smallest absolute Gasteiger partial charge is 0.323 e. The Kier molecular flexibility index (Phi) is 7.69. The number of aliphatic hydroxyl groups is 2. The second-order valence-corrected chi connectivity index (χ2v) is 8.82. The van der Waals surface area contributed by atoms with Crippen molar-refractivity contribution in [3.05, 3.63) is 35.9 Å². The van der Waals surface area contributed by atoms with Crippen LogP contribution in [-0.2, 0) is 20.3 Å². The zero-order chi connectivity index (χ0) is 22.3. The molecule has 0 aliphatic carbocycles. The van der Waals surface area contributed by atoms with Gasteiger partial charge in [-0.05, 0) is 53.1 Å². The predicted octanol–water partition coefficient (Wildman–Crippen LogP) is 1.20. The molecule has 1 saturated heterocycles. The van der Waals surface area contributed by atoms with Gasteiger partial charge >= 0.3 is 5.97 Å². The Hall–Kier alpha value is -1.06. The molecule has 2 N–H and O–H groups in total. The van der Waals surface area contributed by atoms with E-state index in [-0.39, 0.29) is 24.1 Å². The van der Waals surface area contributed by atoms with Gasteiger partial charge in [0, 0.05) is 18.5 Å². The topological polar surface area (TPSA) is 79.2 Å². The molecule has 0 aromatic heterocycles. The maximum atomic E-state index is 13.0. The lowest BCUT2D eigenvalue weighted by Gasteiger charge is -2.34. The van der Waals surface area contributed by atoms with Crippen molar-refractivity contribution in [2.45, 2.75) is 57.5 Å². The van der Waals surface area contributed by atoms with Gasteiger partial charge in [-0.15, -0.1) is 0 Å². The Morgan fingerprint density at radius 1 is 1.50 bits per heavy atom. The van der Waals surface area contributed by atoms with Crippen molar-refractivity contribution in [1.29, 1.82) is 2.67 Å². The van der Waals surface area contributed by atoms with E-state index in [0.29, 0.717) is 13.0 Å². The number of hydrogen-bond donors (Lipinski definition) is 2. The van der Waals surface area contributed by atoms with Gasteiger partial charge in [0.2, 0.25) is 0 Å². The number of esters is 1. The van der Waals surface area contributed by atoms with Crippen molar-refractivity contribution in [2.24, 2.45) is 5.92 Å². The highest BCUT2D eigenvalue weighted by molar-refractivity contribution is 7.95. The minimum absolute atomic E-state index is 0.211. The van der Waals surface area contributed by atoms with E-state index in [1.165, 1.54) is 0 Å². The molecule has 2 rings (SSSR count). The summed E-state index contributed by atoms with van der Waals surface area (Å²) in [7, 11) is -0.985. The van der Waals surface area contributed by atoms with Crippen LogP contribution in [0, 0.1) is 5.92 Å². The van der Waals surface area contributed by atoms with Crippen LogP contribution in [0.3, 0.4) is 0 Å². The van der Waals surface area contributed by atoms with Gasteiger partial charge < -0.3 is 19.1 Å². The van der Waals surface area contributed by atoms with Gasteiger partial charge in [-0.2, -0.15) is 0 Å². The molecule has 0 radical (unpaired) electrons. The molecular formula is C20H32BNO5S. The van der Waals surface area contributed by atoms with Crippen LogP contribution in [0.4, 0.5) is 0 Å². The fourth-order valence-corrected chi connectivity index (χ4v) is 4.01. The minimum atomic E-state index is -1.04. The molecule has 1 aliphatic rings. The number of likely N-dealkylation sites (tertiary alicyclic amines) is 1. The molecule has 1 unspecified atom stereocenters. The summed E-state index contributed by atoms with van der Waals surface area (Å²) >= 11 is 1.04. The SMILES string of the molecule is [2H]B([3H])CSOC[C@@H]1C[C@H](C(=O)OC(C)(C)C)N(Cc2ccccc2)[C@H]1C(O)CO. The first-order chi connectivity index (χ1) is 14.1. The number of carbonyl (C=O) groups is 1. The third-order valence-corrected chi connectivity index (χ3v) is 5.13. The standard InChI is InChI=1S/C20H32BNO5S/c1-20(2,3)27-19(25)16-9-15(12-26-28-13-21)18(17(24)11-23)22(16)10-14-7-5-4-6-8-14/h4-8,15-18,23-24H,9-13,21H2,1-3H3/t15-,16+,17?,18+/m0/s1/i21TD. The fourth-order valence-electron chi connectivity index (χ4n) is 3.64. The summed E-state index contributed by atoms with van der Waals surface area (Å²) in [6, 6.07) is 8.60. The summed E-state index contributed by atoms with van der Waals surface area (Å²) in [5, 5.41) is 20.3. The van der Waals surface area contributed by atoms with Gasteiger partial charge in [0.15, 0.2) is 0 Å². The first-order valence-corrected chi connectivity index (χ1v) is 10.4. The summed E-state index contributed by atoms with van der Waals surface area (Å²) in [5.74, 6) is -0.572.